The third-order valence-electron chi connectivity index (χ3n) is 2.85. The highest BCUT2D eigenvalue weighted by molar-refractivity contribution is 9.10. The molecule has 22 heavy (non-hydrogen) atoms. The number of halogens is 1. The average molecular weight is 388 g/mol. The SMILES string of the molecule is COCCCn1c(SCCOc2ccc(Br)cc2)n[nH]c1=O. The maximum atomic E-state index is 11.7. The van der Waals surface area contributed by atoms with E-state index < -0.39 is 0 Å². The smallest absolute Gasteiger partial charge is 0.343 e. The Hall–Kier alpha value is -1.25. The van der Waals surface area contributed by atoms with Gasteiger partial charge in [-0.1, -0.05) is 27.7 Å². The Morgan fingerprint density at radius 2 is 2.09 bits per heavy atom. The van der Waals surface area contributed by atoms with E-state index in [0.717, 1.165) is 16.6 Å². The van der Waals surface area contributed by atoms with Crippen LogP contribution < -0.4 is 10.4 Å². The van der Waals surface area contributed by atoms with Crippen molar-refractivity contribution in [2.75, 3.05) is 26.1 Å². The van der Waals surface area contributed by atoms with Gasteiger partial charge in [-0.25, -0.2) is 9.89 Å². The van der Waals surface area contributed by atoms with E-state index in [-0.39, 0.29) is 5.69 Å². The zero-order valence-corrected chi connectivity index (χ0v) is 14.7. The fraction of sp³-hybridized carbons (Fsp3) is 0.429. The molecule has 0 aliphatic carbocycles. The minimum absolute atomic E-state index is 0.188. The summed E-state index contributed by atoms with van der Waals surface area (Å²) in [4.78, 5) is 11.7. The summed E-state index contributed by atoms with van der Waals surface area (Å²) in [5.41, 5.74) is -0.188. The molecule has 6 nitrogen and oxygen atoms in total. The molecule has 1 aromatic carbocycles. The van der Waals surface area contributed by atoms with Crippen molar-refractivity contribution in [3.63, 3.8) is 0 Å². The lowest BCUT2D eigenvalue weighted by molar-refractivity contribution is 0.189. The predicted octanol–water partition coefficient (Wildman–Crippen LogP) is 2.54. The van der Waals surface area contributed by atoms with E-state index in [4.69, 9.17) is 9.47 Å². The van der Waals surface area contributed by atoms with Crippen LogP contribution in [0.4, 0.5) is 0 Å². The topological polar surface area (TPSA) is 69.1 Å². The minimum Gasteiger partial charge on any atom is -0.493 e. The van der Waals surface area contributed by atoms with Crippen molar-refractivity contribution in [2.24, 2.45) is 0 Å². The minimum atomic E-state index is -0.188. The molecule has 0 atom stereocenters. The van der Waals surface area contributed by atoms with Crippen molar-refractivity contribution in [2.45, 2.75) is 18.1 Å². The number of thioether (sulfide) groups is 1. The van der Waals surface area contributed by atoms with Crippen LogP contribution in [0.1, 0.15) is 6.42 Å². The number of aromatic nitrogens is 3. The molecular formula is C14H18BrN3O3S. The first kappa shape index (κ1) is 17.1. The predicted molar refractivity (Wildman–Crippen MR) is 89.7 cm³/mol. The molecule has 1 aromatic heterocycles. The second-order valence-electron chi connectivity index (χ2n) is 4.46. The van der Waals surface area contributed by atoms with Gasteiger partial charge in [0, 0.05) is 30.5 Å². The standard InChI is InChI=1S/C14H18BrN3O3S/c1-20-8-2-7-18-13(19)16-17-14(18)22-10-9-21-12-5-3-11(15)4-6-12/h3-6H,2,7-10H2,1H3,(H,16,19). The Morgan fingerprint density at radius 1 is 1.32 bits per heavy atom. The van der Waals surface area contributed by atoms with Crippen LogP contribution in [-0.2, 0) is 11.3 Å². The van der Waals surface area contributed by atoms with E-state index in [0.29, 0.717) is 30.7 Å². The van der Waals surface area contributed by atoms with Crippen LogP contribution in [0.2, 0.25) is 0 Å². The van der Waals surface area contributed by atoms with Crippen LogP contribution >= 0.6 is 27.7 Å². The van der Waals surface area contributed by atoms with Crippen molar-refractivity contribution in [1.29, 1.82) is 0 Å². The fourth-order valence-corrected chi connectivity index (χ4v) is 2.85. The molecule has 0 aliphatic rings. The van der Waals surface area contributed by atoms with Crippen molar-refractivity contribution in [3.8, 4) is 5.75 Å². The average Bonchev–Trinajstić information content (AvgIpc) is 2.87. The number of nitrogens with zero attached hydrogens (tertiary/aromatic N) is 2. The molecule has 0 fully saturated rings. The molecule has 120 valence electrons. The van der Waals surface area contributed by atoms with Crippen molar-refractivity contribution >= 4 is 27.7 Å². The highest BCUT2D eigenvalue weighted by Crippen LogP contribution is 2.17. The Bertz CT molecular complexity index is 627. The van der Waals surface area contributed by atoms with Gasteiger partial charge in [0.25, 0.3) is 0 Å². The van der Waals surface area contributed by atoms with Crippen molar-refractivity contribution < 1.29 is 9.47 Å². The van der Waals surface area contributed by atoms with Crippen LogP contribution in [0.5, 0.6) is 5.75 Å². The number of hydrogen-bond donors (Lipinski definition) is 1. The molecule has 1 heterocycles. The lowest BCUT2D eigenvalue weighted by atomic mass is 10.3. The summed E-state index contributed by atoms with van der Waals surface area (Å²) in [5, 5.41) is 7.20. The first-order chi connectivity index (χ1) is 10.7. The third kappa shape index (κ3) is 5.19. The highest BCUT2D eigenvalue weighted by Gasteiger charge is 2.08. The van der Waals surface area contributed by atoms with Gasteiger partial charge in [0.15, 0.2) is 5.16 Å². The molecule has 0 unspecified atom stereocenters. The fourth-order valence-electron chi connectivity index (χ4n) is 1.80. The number of aromatic amines is 1. The van der Waals surface area contributed by atoms with E-state index in [2.05, 4.69) is 26.1 Å². The number of ether oxygens (including phenoxy) is 2. The van der Waals surface area contributed by atoms with Gasteiger partial charge in [-0.2, -0.15) is 0 Å². The summed E-state index contributed by atoms with van der Waals surface area (Å²) in [7, 11) is 1.65. The summed E-state index contributed by atoms with van der Waals surface area (Å²) in [6, 6.07) is 7.68. The molecule has 0 saturated heterocycles. The molecule has 0 spiro atoms. The molecule has 2 aromatic rings. The molecule has 0 aliphatic heterocycles. The van der Waals surface area contributed by atoms with E-state index >= 15 is 0 Å². The lowest BCUT2D eigenvalue weighted by Gasteiger charge is -2.07. The molecule has 2 rings (SSSR count). The molecule has 0 bridgehead atoms. The molecule has 0 saturated carbocycles. The van der Waals surface area contributed by atoms with Gasteiger partial charge < -0.3 is 9.47 Å². The quantitative estimate of drug-likeness (QED) is 0.528. The zero-order chi connectivity index (χ0) is 15.8. The van der Waals surface area contributed by atoms with Gasteiger partial charge in [0.1, 0.15) is 5.75 Å². The van der Waals surface area contributed by atoms with Gasteiger partial charge in [0.05, 0.1) is 6.61 Å². The monoisotopic (exact) mass is 387 g/mol. The van der Waals surface area contributed by atoms with E-state index in [1.54, 1.807) is 11.7 Å². The molecule has 8 heteroatoms. The van der Waals surface area contributed by atoms with Gasteiger partial charge in [0.2, 0.25) is 0 Å². The van der Waals surface area contributed by atoms with Crippen LogP contribution in [0.15, 0.2) is 38.7 Å². The zero-order valence-electron chi connectivity index (χ0n) is 12.3. The number of hydrogen-bond acceptors (Lipinski definition) is 5. The van der Waals surface area contributed by atoms with E-state index in [9.17, 15) is 4.79 Å². The number of H-pyrrole nitrogens is 1. The van der Waals surface area contributed by atoms with Crippen LogP contribution in [-0.4, -0.2) is 40.8 Å². The summed E-state index contributed by atoms with van der Waals surface area (Å²) in [6.45, 7) is 1.76. The van der Waals surface area contributed by atoms with Crippen molar-refractivity contribution in [1.82, 2.24) is 14.8 Å². The van der Waals surface area contributed by atoms with Crippen LogP contribution in [0.25, 0.3) is 0 Å². The number of rotatable bonds is 9. The lowest BCUT2D eigenvalue weighted by Crippen LogP contribution is -2.18. The molecular weight excluding hydrogens is 370 g/mol. The van der Waals surface area contributed by atoms with Gasteiger partial charge in [-0.05, 0) is 30.7 Å². The normalized spacial score (nSPS) is 10.8. The maximum absolute atomic E-state index is 11.7. The van der Waals surface area contributed by atoms with E-state index in [1.807, 2.05) is 24.3 Å². The van der Waals surface area contributed by atoms with Crippen molar-refractivity contribution in [3.05, 3.63) is 39.2 Å². The Kier molecular flexibility index (Phi) is 7.01. The number of methoxy groups -OCH3 is 1. The largest absolute Gasteiger partial charge is 0.493 e. The second-order valence-corrected chi connectivity index (χ2v) is 6.44. The Labute approximate surface area is 141 Å². The van der Waals surface area contributed by atoms with Gasteiger partial charge in [-0.15, -0.1) is 5.10 Å². The first-order valence-corrected chi connectivity index (χ1v) is 8.64. The van der Waals surface area contributed by atoms with E-state index in [1.165, 1.54) is 11.8 Å². The highest BCUT2D eigenvalue weighted by atomic mass is 79.9. The summed E-state index contributed by atoms with van der Waals surface area (Å²) >= 11 is 4.88. The summed E-state index contributed by atoms with van der Waals surface area (Å²) < 4.78 is 13.3. The van der Waals surface area contributed by atoms with Gasteiger partial charge >= 0.3 is 5.69 Å². The second kappa shape index (κ2) is 9.02. The maximum Gasteiger partial charge on any atom is 0.343 e. The summed E-state index contributed by atoms with van der Waals surface area (Å²) in [6.07, 6.45) is 0.777. The Morgan fingerprint density at radius 3 is 2.82 bits per heavy atom. The van der Waals surface area contributed by atoms with Crippen LogP contribution in [0.3, 0.4) is 0 Å². The number of benzene rings is 1. The number of nitrogens with one attached hydrogen (secondary N) is 1. The van der Waals surface area contributed by atoms with Gasteiger partial charge in [-0.3, -0.25) is 4.57 Å². The first-order valence-electron chi connectivity index (χ1n) is 6.86. The third-order valence-corrected chi connectivity index (χ3v) is 4.32. The molecule has 0 radical (unpaired) electrons. The molecule has 1 N–H and O–H groups in total. The molecule has 0 amide bonds. The van der Waals surface area contributed by atoms with Crippen LogP contribution in [0, 0.1) is 0 Å². The Balaban J connectivity index is 1.79. The summed E-state index contributed by atoms with van der Waals surface area (Å²) in [5.74, 6) is 1.54.